The first-order valence-corrected chi connectivity index (χ1v) is 8.88. The summed E-state index contributed by atoms with van der Waals surface area (Å²) in [4.78, 5) is 16.7. The van der Waals surface area contributed by atoms with Crippen LogP contribution < -0.4 is 16.4 Å². The lowest BCUT2D eigenvalue weighted by atomic mass is 10.0. The Hall–Kier alpha value is -3.33. The highest BCUT2D eigenvalue weighted by molar-refractivity contribution is 6.31. The van der Waals surface area contributed by atoms with Crippen LogP contribution in [0.1, 0.15) is 11.1 Å². The minimum Gasteiger partial charge on any atom is -0.383 e. The Balaban J connectivity index is 1.97. The maximum Gasteiger partial charge on any atom is 0.417 e. The van der Waals surface area contributed by atoms with Crippen molar-refractivity contribution in [2.75, 3.05) is 10.6 Å². The number of rotatable bonds is 4. The Kier molecular flexibility index (Phi) is 5.84. The molecule has 2 amide bonds. The van der Waals surface area contributed by atoms with E-state index in [1.165, 1.54) is 12.1 Å². The van der Waals surface area contributed by atoms with E-state index in [-0.39, 0.29) is 18.1 Å². The van der Waals surface area contributed by atoms with Gasteiger partial charge in [-0.1, -0.05) is 29.8 Å². The molecule has 0 aliphatic rings. The molecule has 0 atom stereocenters. The van der Waals surface area contributed by atoms with Crippen molar-refractivity contribution in [1.82, 2.24) is 4.98 Å². The maximum absolute atomic E-state index is 13.5. The first-order chi connectivity index (χ1) is 14.1. The van der Waals surface area contributed by atoms with Gasteiger partial charge < -0.3 is 11.5 Å². The zero-order valence-electron chi connectivity index (χ0n) is 15.3. The highest BCUT2D eigenvalue weighted by Gasteiger charge is 2.34. The van der Waals surface area contributed by atoms with Crippen molar-refractivity contribution >= 4 is 29.1 Å². The smallest absolute Gasteiger partial charge is 0.383 e. The number of nitrogens with two attached hydrogens (primary N) is 2. The molecule has 1 aromatic heterocycles. The molecule has 0 unspecified atom stereocenters. The van der Waals surface area contributed by atoms with Crippen LogP contribution in [0.25, 0.3) is 11.1 Å². The van der Waals surface area contributed by atoms with Crippen LogP contribution in [0.5, 0.6) is 0 Å². The van der Waals surface area contributed by atoms with Crippen LogP contribution >= 0.6 is 11.6 Å². The van der Waals surface area contributed by atoms with Gasteiger partial charge in [0.15, 0.2) is 0 Å². The SMILES string of the molecule is NC(=O)N(Cc1cccc(-c2cc(F)cnc2N)c1)c1ccc(Cl)c(C(F)(F)F)c1. The van der Waals surface area contributed by atoms with Crippen LogP contribution in [0, 0.1) is 5.82 Å². The Labute approximate surface area is 173 Å². The van der Waals surface area contributed by atoms with E-state index < -0.39 is 28.6 Å². The van der Waals surface area contributed by atoms with Crippen molar-refractivity contribution < 1.29 is 22.4 Å². The van der Waals surface area contributed by atoms with Crippen LogP contribution in [0.3, 0.4) is 0 Å². The van der Waals surface area contributed by atoms with Crippen molar-refractivity contribution in [3.8, 4) is 11.1 Å². The van der Waals surface area contributed by atoms with Crippen LogP contribution in [-0.2, 0) is 12.7 Å². The molecule has 0 saturated carbocycles. The molecule has 0 bridgehead atoms. The predicted molar refractivity (Wildman–Crippen MR) is 106 cm³/mol. The third kappa shape index (κ3) is 4.62. The number of primary amides is 1. The summed E-state index contributed by atoms with van der Waals surface area (Å²) in [6.07, 6.45) is -3.71. The molecule has 30 heavy (non-hydrogen) atoms. The number of pyridine rings is 1. The van der Waals surface area contributed by atoms with Crippen LogP contribution in [0.4, 0.5) is 33.9 Å². The number of carbonyl (C=O) groups is 1. The molecule has 3 rings (SSSR count). The average molecular weight is 439 g/mol. The minimum atomic E-state index is -4.70. The Morgan fingerprint density at radius 2 is 1.87 bits per heavy atom. The summed E-state index contributed by atoms with van der Waals surface area (Å²) >= 11 is 5.64. The van der Waals surface area contributed by atoms with Gasteiger partial charge in [-0.25, -0.2) is 14.2 Å². The standard InChI is InChI=1S/C20H15ClF4N4O/c21-17-5-4-14(8-16(17)20(23,24)25)29(19(27)30)10-11-2-1-3-12(6-11)15-7-13(22)9-28-18(15)26/h1-9H,10H2,(H2,26,28)(H2,27,30). The molecule has 0 radical (unpaired) electrons. The van der Waals surface area contributed by atoms with Gasteiger partial charge >= 0.3 is 12.2 Å². The summed E-state index contributed by atoms with van der Waals surface area (Å²) in [5, 5.41) is -0.494. The van der Waals surface area contributed by atoms with Gasteiger partial charge in [0, 0.05) is 11.3 Å². The van der Waals surface area contributed by atoms with Crippen molar-refractivity contribution in [3.05, 3.63) is 76.7 Å². The van der Waals surface area contributed by atoms with E-state index in [1.54, 1.807) is 24.3 Å². The fraction of sp³-hybridized carbons (Fsp3) is 0.100. The molecule has 5 nitrogen and oxygen atoms in total. The molecule has 10 heteroatoms. The molecule has 4 N–H and O–H groups in total. The quantitative estimate of drug-likeness (QED) is 0.547. The number of hydrogen-bond donors (Lipinski definition) is 2. The van der Waals surface area contributed by atoms with Gasteiger partial charge in [-0.2, -0.15) is 13.2 Å². The van der Waals surface area contributed by atoms with Crippen LogP contribution in [0.15, 0.2) is 54.7 Å². The van der Waals surface area contributed by atoms with E-state index in [4.69, 9.17) is 23.1 Å². The second-order valence-corrected chi connectivity index (χ2v) is 6.78. The number of anilines is 2. The monoisotopic (exact) mass is 438 g/mol. The van der Waals surface area contributed by atoms with E-state index in [1.807, 2.05) is 0 Å². The lowest BCUT2D eigenvalue weighted by Crippen LogP contribution is -2.35. The first-order valence-electron chi connectivity index (χ1n) is 8.50. The third-order valence-corrected chi connectivity index (χ3v) is 4.63. The number of nitrogen functional groups attached to an aromatic ring is 1. The molecule has 156 valence electrons. The molecule has 2 aromatic carbocycles. The number of benzene rings is 2. The normalized spacial score (nSPS) is 11.4. The fourth-order valence-corrected chi connectivity index (χ4v) is 3.12. The van der Waals surface area contributed by atoms with Gasteiger partial charge in [0.2, 0.25) is 0 Å². The first kappa shape index (κ1) is 21.4. The molecule has 3 aromatic rings. The number of aromatic nitrogens is 1. The molecule has 0 aliphatic heterocycles. The summed E-state index contributed by atoms with van der Waals surface area (Å²) in [6, 6.07) is 9.88. The van der Waals surface area contributed by atoms with Crippen molar-refractivity contribution in [1.29, 1.82) is 0 Å². The number of urea groups is 1. The summed E-state index contributed by atoms with van der Waals surface area (Å²) < 4.78 is 53.0. The molecular weight excluding hydrogens is 424 g/mol. The molecule has 0 fully saturated rings. The number of hydrogen-bond acceptors (Lipinski definition) is 3. The van der Waals surface area contributed by atoms with Gasteiger partial charge in [-0.3, -0.25) is 4.90 Å². The van der Waals surface area contributed by atoms with E-state index in [2.05, 4.69) is 4.98 Å². The van der Waals surface area contributed by atoms with E-state index in [0.717, 1.165) is 23.2 Å². The number of amides is 2. The van der Waals surface area contributed by atoms with Gasteiger partial charge in [0.25, 0.3) is 0 Å². The van der Waals surface area contributed by atoms with Crippen molar-refractivity contribution in [2.45, 2.75) is 12.7 Å². The summed E-state index contributed by atoms with van der Waals surface area (Å²) in [5.74, 6) is -0.475. The fourth-order valence-electron chi connectivity index (χ4n) is 2.90. The van der Waals surface area contributed by atoms with E-state index >= 15 is 0 Å². The highest BCUT2D eigenvalue weighted by atomic mass is 35.5. The number of nitrogens with zero attached hydrogens (tertiary/aromatic N) is 2. The second kappa shape index (κ2) is 8.19. The van der Waals surface area contributed by atoms with Gasteiger partial charge in [-0.05, 0) is 41.5 Å². The van der Waals surface area contributed by atoms with Gasteiger partial charge in [-0.15, -0.1) is 0 Å². The average Bonchev–Trinajstić information content (AvgIpc) is 2.68. The highest BCUT2D eigenvalue weighted by Crippen LogP contribution is 2.37. The maximum atomic E-state index is 13.5. The summed E-state index contributed by atoms with van der Waals surface area (Å²) in [5.41, 5.74) is 11.4. The van der Waals surface area contributed by atoms with Crippen molar-refractivity contribution in [3.63, 3.8) is 0 Å². The largest absolute Gasteiger partial charge is 0.417 e. The van der Waals surface area contributed by atoms with Crippen molar-refractivity contribution in [2.24, 2.45) is 5.73 Å². The van der Waals surface area contributed by atoms with Gasteiger partial charge in [0.05, 0.1) is 23.3 Å². The number of alkyl halides is 3. The van der Waals surface area contributed by atoms with Crippen LogP contribution in [-0.4, -0.2) is 11.0 Å². The lowest BCUT2D eigenvalue weighted by Gasteiger charge is -2.22. The molecule has 0 saturated heterocycles. The summed E-state index contributed by atoms with van der Waals surface area (Å²) in [6.45, 7) is -0.134. The molecular formula is C20H15ClF4N4O. The lowest BCUT2D eigenvalue weighted by molar-refractivity contribution is -0.137. The van der Waals surface area contributed by atoms with E-state index in [9.17, 15) is 22.4 Å². The minimum absolute atomic E-state index is 0.0726. The Bertz CT molecular complexity index is 1100. The van der Waals surface area contributed by atoms with Gasteiger partial charge in [0.1, 0.15) is 11.6 Å². The molecule has 1 heterocycles. The zero-order valence-corrected chi connectivity index (χ0v) is 16.0. The zero-order chi connectivity index (χ0) is 22.1. The Morgan fingerprint density at radius 1 is 1.13 bits per heavy atom. The number of carbonyl (C=O) groups excluding carboxylic acids is 1. The summed E-state index contributed by atoms with van der Waals surface area (Å²) in [7, 11) is 0. The molecule has 0 spiro atoms. The third-order valence-electron chi connectivity index (χ3n) is 4.30. The topological polar surface area (TPSA) is 85.2 Å². The number of halogens is 5. The predicted octanol–water partition coefficient (Wildman–Crippen LogP) is 5.23. The molecule has 0 aliphatic carbocycles. The Morgan fingerprint density at radius 3 is 2.53 bits per heavy atom. The van der Waals surface area contributed by atoms with Crippen LogP contribution in [0.2, 0.25) is 5.02 Å². The van der Waals surface area contributed by atoms with E-state index in [0.29, 0.717) is 16.7 Å². The second-order valence-electron chi connectivity index (χ2n) is 6.37.